The minimum Gasteiger partial charge on any atom is -0.490 e. The molecule has 3 aliphatic heterocycles. The summed E-state index contributed by atoms with van der Waals surface area (Å²) in [5.41, 5.74) is 2.55. The highest BCUT2D eigenvalue weighted by Crippen LogP contribution is 2.29. The van der Waals surface area contributed by atoms with Gasteiger partial charge in [0.1, 0.15) is 11.9 Å². The molecule has 1 aromatic carbocycles. The number of hydrogen-bond acceptors (Lipinski definition) is 5. The molecule has 0 N–H and O–H groups in total. The van der Waals surface area contributed by atoms with Crippen molar-refractivity contribution in [3.8, 4) is 5.75 Å². The number of fused-ring (bicyclic) bond motifs is 1. The van der Waals surface area contributed by atoms with Gasteiger partial charge in [0.05, 0.1) is 13.2 Å². The molecule has 4 rings (SSSR count). The van der Waals surface area contributed by atoms with Gasteiger partial charge in [-0.25, -0.2) is 0 Å². The third-order valence-electron chi connectivity index (χ3n) is 5.32. The Morgan fingerprint density at radius 2 is 1.73 bits per heavy atom. The summed E-state index contributed by atoms with van der Waals surface area (Å²) in [4.78, 5) is 2.33. The highest BCUT2D eigenvalue weighted by molar-refractivity contribution is 7.86. The lowest BCUT2D eigenvalue weighted by molar-refractivity contribution is 0.0684. The average molecular weight is 381 g/mol. The predicted molar refractivity (Wildman–Crippen MR) is 98.4 cm³/mol. The predicted octanol–water partition coefficient (Wildman–Crippen LogP) is 0.705. The van der Waals surface area contributed by atoms with Crippen LogP contribution in [0.25, 0.3) is 0 Å². The normalized spacial score (nSPS) is 25.8. The Hall–Kier alpha value is -1.19. The van der Waals surface area contributed by atoms with Gasteiger partial charge in [-0.1, -0.05) is 12.1 Å². The van der Waals surface area contributed by atoms with Gasteiger partial charge in [-0.2, -0.15) is 17.0 Å². The van der Waals surface area contributed by atoms with Gasteiger partial charge in [-0.15, -0.1) is 0 Å². The second kappa shape index (κ2) is 7.44. The molecule has 8 heteroatoms. The van der Waals surface area contributed by atoms with Gasteiger partial charge in [-0.05, 0) is 24.1 Å². The van der Waals surface area contributed by atoms with Crippen molar-refractivity contribution in [3.05, 3.63) is 29.3 Å². The molecule has 2 saturated heterocycles. The van der Waals surface area contributed by atoms with Crippen molar-refractivity contribution < 1.29 is 17.9 Å². The molecule has 144 valence electrons. The molecular weight excluding hydrogens is 354 g/mol. The van der Waals surface area contributed by atoms with Gasteiger partial charge in [0.15, 0.2) is 0 Å². The number of rotatable bonds is 4. The Bertz CT molecular complexity index is 741. The fourth-order valence-corrected chi connectivity index (χ4v) is 5.45. The van der Waals surface area contributed by atoms with E-state index >= 15 is 0 Å². The van der Waals surface area contributed by atoms with Gasteiger partial charge in [0.25, 0.3) is 10.2 Å². The summed E-state index contributed by atoms with van der Waals surface area (Å²) in [6.07, 6.45) is 1.23. The number of nitrogens with zero attached hydrogens (tertiary/aromatic N) is 3. The molecule has 1 atom stereocenters. The third-order valence-corrected chi connectivity index (χ3v) is 7.36. The zero-order valence-corrected chi connectivity index (χ0v) is 16.1. The smallest absolute Gasteiger partial charge is 0.282 e. The molecule has 0 radical (unpaired) electrons. The molecule has 0 aliphatic carbocycles. The van der Waals surface area contributed by atoms with E-state index in [1.54, 1.807) is 8.61 Å². The lowest BCUT2D eigenvalue weighted by atomic mass is 10.1. The minimum atomic E-state index is -3.35. The number of morpholine rings is 1. The fraction of sp³-hybridized carbons (Fsp3) is 0.667. The Morgan fingerprint density at radius 3 is 2.46 bits per heavy atom. The first kappa shape index (κ1) is 18.2. The summed E-state index contributed by atoms with van der Waals surface area (Å²) >= 11 is 0. The van der Waals surface area contributed by atoms with Crippen LogP contribution in [0.5, 0.6) is 5.75 Å². The summed E-state index contributed by atoms with van der Waals surface area (Å²) in [5.74, 6) is 1.00. The first-order valence-corrected chi connectivity index (χ1v) is 10.8. The van der Waals surface area contributed by atoms with Gasteiger partial charge in [0.2, 0.25) is 0 Å². The molecule has 0 aromatic heterocycles. The largest absolute Gasteiger partial charge is 0.490 e. The Kier molecular flexibility index (Phi) is 5.20. The van der Waals surface area contributed by atoms with Gasteiger partial charge in [0, 0.05) is 52.2 Å². The van der Waals surface area contributed by atoms with Crippen LogP contribution in [0.1, 0.15) is 18.1 Å². The lowest BCUT2D eigenvalue weighted by Crippen LogP contribution is -2.54. The van der Waals surface area contributed by atoms with Crippen LogP contribution in [0.4, 0.5) is 0 Å². The molecular formula is C18H27N3O4S. The van der Waals surface area contributed by atoms with Gasteiger partial charge in [-0.3, -0.25) is 4.90 Å². The molecule has 0 bridgehead atoms. The summed E-state index contributed by atoms with van der Waals surface area (Å²) in [6, 6.07) is 6.41. The average Bonchev–Trinajstić information content (AvgIpc) is 3.02. The number of hydrogen-bond donors (Lipinski definition) is 0. The first-order chi connectivity index (χ1) is 12.5. The zero-order chi connectivity index (χ0) is 18.1. The highest BCUT2D eigenvalue weighted by Gasteiger charge is 2.33. The van der Waals surface area contributed by atoms with Crippen LogP contribution >= 0.6 is 0 Å². The molecule has 1 aromatic rings. The van der Waals surface area contributed by atoms with Crippen molar-refractivity contribution >= 4 is 10.2 Å². The second-order valence-corrected chi connectivity index (χ2v) is 9.20. The summed E-state index contributed by atoms with van der Waals surface area (Å²) in [5, 5.41) is 0. The fourth-order valence-electron chi connectivity index (χ4n) is 3.89. The SMILES string of the molecule is CC1Cc2cc(CN3CCN(S(=O)(=O)N4CCOCC4)CC3)ccc2O1. The van der Waals surface area contributed by atoms with E-state index in [2.05, 4.69) is 30.0 Å². The van der Waals surface area contributed by atoms with E-state index in [0.29, 0.717) is 39.4 Å². The van der Waals surface area contributed by atoms with Crippen molar-refractivity contribution in [2.24, 2.45) is 0 Å². The minimum absolute atomic E-state index is 0.259. The monoisotopic (exact) mass is 381 g/mol. The Balaban J connectivity index is 1.33. The second-order valence-electron chi connectivity index (χ2n) is 7.27. The van der Waals surface area contributed by atoms with E-state index in [4.69, 9.17) is 9.47 Å². The third kappa shape index (κ3) is 3.75. The highest BCUT2D eigenvalue weighted by atomic mass is 32.2. The van der Waals surface area contributed by atoms with E-state index in [0.717, 1.165) is 31.8 Å². The van der Waals surface area contributed by atoms with E-state index in [-0.39, 0.29) is 6.10 Å². The van der Waals surface area contributed by atoms with Crippen LogP contribution in [-0.4, -0.2) is 80.5 Å². The molecule has 1 unspecified atom stereocenters. The maximum absolute atomic E-state index is 12.7. The topological polar surface area (TPSA) is 62.3 Å². The molecule has 0 spiro atoms. The summed E-state index contributed by atoms with van der Waals surface area (Å²) in [6.45, 7) is 7.44. The van der Waals surface area contributed by atoms with Crippen LogP contribution < -0.4 is 4.74 Å². The summed E-state index contributed by atoms with van der Waals surface area (Å²) < 4.78 is 39.6. The Labute approximate surface area is 155 Å². The quantitative estimate of drug-likeness (QED) is 0.769. The summed E-state index contributed by atoms with van der Waals surface area (Å²) in [7, 11) is -3.35. The van der Waals surface area contributed by atoms with Crippen molar-refractivity contribution in [1.29, 1.82) is 0 Å². The Morgan fingerprint density at radius 1 is 1.04 bits per heavy atom. The van der Waals surface area contributed by atoms with Crippen LogP contribution in [-0.2, 0) is 27.9 Å². The van der Waals surface area contributed by atoms with Crippen molar-refractivity contribution in [2.45, 2.75) is 26.0 Å². The molecule has 0 saturated carbocycles. The standard InChI is InChI=1S/C18H27N3O4S/c1-15-12-17-13-16(2-3-18(17)25-15)14-19-4-6-20(7-5-19)26(22,23)21-8-10-24-11-9-21/h2-3,13,15H,4-12,14H2,1H3. The van der Waals surface area contributed by atoms with E-state index in [1.165, 1.54) is 11.1 Å². The van der Waals surface area contributed by atoms with E-state index < -0.39 is 10.2 Å². The van der Waals surface area contributed by atoms with Crippen LogP contribution in [0.15, 0.2) is 18.2 Å². The van der Waals surface area contributed by atoms with Crippen LogP contribution in [0, 0.1) is 0 Å². The van der Waals surface area contributed by atoms with Crippen molar-refractivity contribution in [1.82, 2.24) is 13.5 Å². The lowest BCUT2D eigenvalue weighted by Gasteiger charge is -2.37. The van der Waals surface area contributed by atoms with E-state index in [9.17, 15) is 8.42 Å². The van der Waals surface area contributed by atoms with Crippen LogP contribution in [0.2, 0.25) is 0 Å². The van der Waals surface area contributed by atoms with E-state index in [1.807, 2.05) is 0 Å². The molecule has 26 heavy (non-hydrogen) atoms. The first-order valence-electron chi connectivity index (χ1n) is 9.36. The van der Waals surface area contributed by atoms with Crippen molar-refractivity contribution in [2.75, 3.05) is 52.5 Å². The number of piperazine rings is 1. The van der Waals surface area contributed by atoms with Gasteiger partial charge < -0.3 is 9.47 Å². The van der Waals surface area contributed by atoms with Crippen molar-refractivity contribution in [3.63, 3.8) is 0 Å². The maximum Gasteiger partial charge on any atom is 0.282 e. The number of ether oxygens (including phenoxy) is 2. The van der Waals surface area contributed by atoms with Crippen LogP contribution in [0.3, 0.4) is 0 Å². The molecule has 2 fully saturated rings. The molecule has 7 nitrogen and oxygen atoms in total. The molecule has 3 heterocycles. The van der Waals surface area contributed by atoms with Gasteiger partial charge >= 0.3 is 0 Å². The maximum atomic E-state index is 12.7. The number of benzene rings is 1. The zero-order valence-electron chi connectivity index (χ0n) is 15.3. The molecule has 0 amide bonds. The molecule has 3 aliphatic rings.